The number of fused-ring (bicyclic) bond motifs is 12. The highest BCUT2D eigenvalue weighted by atomic mass is 32.1. The Kier molecular flexibility index (Phi) is 6.09. The fourth-order valence-corrected chi connectivity index (χ4v) is 9.00. The third-order valence-corrected chi connectivity index (χ3v) is 11.2. The van der Waals surface area contributed by atoms with Crippen LogP contribution in [0.5, 0.6) is 0 Å². The smallest absolute Gasteiger partial charge is 0.160 e. The van der Waals surface area contributed by atoms with Crippen molar-refractivity contribution in [3.8, 4) is 39.6 Å². The van der Waals surface area contributed by atoms with Crippen LogP contribution in [0.1, 0.15) is 0 Å². The van der Waals surface area contributed by atoms with Crippen molar-refractivity contribution in [2.24, 2.45) is 0 Å². The molecule has 0 saturated carbocycles. The van der Waals surface area contributed by atoms with E-state index in [0.29, 0.717) is 5.82 Å². The zero-order valence-corrected chi connectivity index (χ0v) is 28.1. The molecule has 51 heavy (non-hydrogen) atoms. The van der Waals surface area contributed by atoms with Gasteiger partial charge in [-0.15, -0.1) is 11.3 Å². The molecule has 0 fully saturated rings. The van der Waals surface area contributed by atoms with E-state index in [0.717, 1.165) is 61.4 Å². The summed E-state index contributed by atoms with van der Waals surface area (Å²) in [6, 6.07) is 57.3. The Labute approximate surface area is 296 Å². The van der Waals surface area contributed by atoms with Gasteiger partial charge in [-0.3, -0.25) is 0 Å². The molecule has 0 aliphatic carbocycles. The molecule has 0 saturated heterocycles. The summed E-state index contributed by atoms with van der Waals surface area (Å²) in [7, 11) is 0. The third kappa shape index (κ3) is 4.25. The van der Waals surface area contributed by atoms with Crippen LogP contribution in [0.4, 0.5) is 0 Å². The summed E-state index contributed by atoms with van der Waals surface area (Å²) in [5, 5.41) is 7.30. The minimum absolute atomic E-state index is 0.707. The number of aromatic nitrogens is 3. The van der Waals surface area contributed by atoms with Crippen molar-refractivity contribution in [3.63, 3.8) is 0 Å². The first-order valence-corrected chi connectivity index (χ1v) is 17.9. The molecule has 7 aromatic carbocycles. The lowest BCUT2D eigenvalue weighted by atomic mass is 10.0. The first-order chi connectivity index (χ1) is 25.3. The Morgan fingerprint density at radius 1 is 0.490 bits per heavy atom. The lowest BCUT2D eigenvalue weighted by Crippen LogP contribution is -1.97. The van der Waals surface area contributed by atoms with Gasteiger partial charge in [-0.05, 0) is 36.4 Å². The van der Waals surface area contributed by atoms with Crippen LogP contribution in [0.3, 0.4) is 0 Å². The van der Waals surface area contributed by atoms with E-state index in [1.165, 1.54) is 36.3 Å². The van der Waals surface area contributed by atoms with Crippen LogP contribution in [0, 0.1) is 0 Å². The third-order valence-electron chi connectivity index (χ3n) is 10.0. The number of nitrogens with zero attached hydrogens (tertiary/aromatic N) is 3. The van der Waals surface area contributed by atoms with Crippen molar-refractivity contribution in [3.05, 3.63) is 164 Å². The predicted octanol–water partition coefficient (Wildman–Crippen LogP) is 12.8. The number of hydrogen-bond donors (Lipinski definition) is 0. The first-order valence-electron chi connectivity index (χ1n) is 17.1. The van der Waals surface area contributed by atoms with E-state index in [1.807, 2.05) is 47.7 Å². The minimum Gasteiger partial charge on any atom is -0.454 e. The molecule has 0 spiro atoms. The van der Waals surface area contributed by atoms with E-state index < -0.39 is 0 Å². The molecule has 0 amide bonds. The van der Waals surface area contributed by atoms with Gasteiger partial charge in [0.15, 0.2) is 11.4 Å². The molecule has 4 heterocycles. The second-order valence-electron chi connectivity index (χ2n) is 12.9. The van der Waals surface area contributed by atoms with Gasteiger partial charge in [0.2, 0.25) is 0 Å². The average Bonchev–Trinajstić information content (AvgIpc) is 3.88. The Hall–Kier alpha value is -6.56. The second-order valence-corrected chi connectivity index (χ2v) is 14.0. The average molecular weight is 670 g/mol. The molecule has 0 unspecified atom stereocenters. The summed E-state index contributed by atoms with van der Waals surface area (Å²) in [6.45, 7) is 0. The highest BCUT2D eigenvalue weighted by molar-refractivity contribution is 7.27. The SMILES string of the molecule is c1ccc(-c2cc(-c3ccc(-n4c5ccccc5c5c6sc7ccccc7c6c6c7ccccc7oc6c54)cc3)nc(-c3ccccc3)n2)cc1. The van der Waals surface area contributed by atoms with Gasteiger partial charge in [-0.25, -0.2) is 9.97 Å². The van der Waals surface area contributed by atoms with Crippen LogP contribution in [0.25, 0.3) is 104 Å². The highest BCUT2D eigenvalue weighted by Crippen LogP contribution is 2.50. The van der Waals surface area contributed by atoms with E-state index in [-0.39, 0.29) is 0 Å². The van der Waals surface area contributed by atoms with Crippen LogP contribution in [0.2, 0.25) is 0 Å². The lowest BCUT2D eigenvalue weighted by molar-refractivity contribution is 0.671. The maximum Gasteiger partial charge on any atom is 0.160 e. The van der Waals surface area contributed by atoms with Crippen LogP contribution in [0.15, 0.2) is 168 Å². The fraction of sp³-hybridized carbons (Fsp3) is 0. The Balaban J connectivity index is 1.17. The van der Waals surface area contributed by atoms with E-state index in [4.69, 9.17) is 14.4 Å². The van der Waals surface area contributed by atoms with Gasteiger partial charge in [0, 0.05) is 64.1 Å². The molecule has 0 radical (unpaired) electrons. The molecule has 4 aromatic heterocycles. The van der Waals surface area contributed by atoms with Gasteiger partial charge >= 0.3 is 0 Å². The molecule has 0 N–H and O–H groups in total. The van der Waals surface area contributed by atoms with Crippen molar-refractivity contribution in [1.82, 2.24) is 14.5 Å². The summed E-state index contributed by atoms with van der Waals surface area (Å²) in [4.78, 5) is 10.1. The Morgan fingerprint density at radius 3 is 1.86 bits per heavy atom. The second kappa shape index (κ2) is 11.0. The molecule has 4 nitrogen and oxygen atoms in total. The van der Waals surface area contributed by atoms with Crippen LogP contribution >= 0.6 is 11.3 Å². The number of thiophene rings is 1. The number of rotatable bonds is 4. The monoisotopic (exact) mass is 669 g/mol. The number of benzene rings is 7. The summed E-state index contributed by atoms with van der Waals surface area (Å²) in [6.07, 6.45) is 0. The highest BCUT2D eigenvalue weighted by Gasteiger charge is 2.25. The maximum atomic E-state index is 6.85. The van der Waals surface area contributed by atoms with Gasteiger partial charge in [-0.2, -0.15) is 0 Å². The molecule has 0 atom stereocenters. The van der Waals surface area contributed by atoms with Crippen molar-refractivity contribution >= 4 is 75.3 Å². The largest absolute Gasteiger partial charge is 0.454 e. The van der Waals surface area contributed by atoms with Crippen molar-refractivity contribution in [2.45, 2.75) is 0 Å². The lowest BCUT2D eigenvalue weighted by Gasteiger charge is -2.12. The maximum absolute atomic E-state index is 6.85. The Bertz CT molecular complexity index is 3060. The Morgan fingerprint density at radius 2 is 1.10 bits per heavy atom. The molecule has 238 valence electrons. The summed E-state index contributed by atoms with van der Waals surface area (Å²) in [5.41, 5.74) is 9.96. The quantitative estimate of drug-likeness (QED) is 0.187. The van der Waals surface area contributed by atoms with Gasteiger partial charge in [0.1, 0.15) is 5.58 Å². The van der Waals surface area contributed by atoms with Crippen LogP contribution in [-0.4, -0.2) is 14.5 Å². The zero-order valence-electron chi connectivity index (χ0n) is 27.2. The van der Waals surface area contributed by atoms with E-state index >= 15 is 0 Å². The molecule has 5 heteroatoms. The first kappa shape index (κ1) is 28.3. The number of para-hydroxylation sites is 2. The minimum atomic E-state index is 0.707. The fourth-order valence-electron chi connectivity index (χ4n) is 7.73. The van der Waals surface area contributed by atoms with Gasteiger partial charge < -0.3 is 8.98 Å². The summed E-state index contributed by atoms with van der Waals surface area (Å²) in [5.74, 6) is 0.707. The normalized spacial score (nSPS) is 11.9. The van der Waals surface area contributed by atoms with Crippen molar-refractivity contribution < 1.29 is 4.42 Å². The van der Waals surface area contributed by atoms with E-state index in [9.17, 15) is 0 Å². The number of hydrogen-bond acceptors (Lipinski definition) is 4. The van der Waals surface area contributed by atoms with Gasteiger partial charge in [0.25, 0.3) is 0 Å². The molecule has 0 aliphatic heterocycles. The predicted molar refractivity (Wildman–Crippen MR) is 213 cm³/mol. The summed E-state index contributed by atoms with van der Waals surface area (Å²) < 4.78 is 11.8. The molecular weight excluding hydrogens is 643 g/mol. The van der Waals surface area contributed by atoms with Gasteiger partial charge in [-0.1, -0.05) is 127 Å². The van der Waals surface area contributed by atoms with E-state index in [1.54, 1.807) is 0 Å². The molecular formula is C46H27N3OS. The summed E-state index contributed by atoms with van der Waals surface area (Å²) >= 11 is 1.87. The zero-order chi connectivity index (χ0) is 33.5. The standard InChI is InChI=1S/C46H27N3OS/c1-3-13-28(14-4-1)35-27-36(48-46(47-35)30-15-5-2-6-16-30)29-23-25-31(26-24-29)49-37-20-10-7-17-32(37)42-43(49)44-40(33-18-8-11-21-38(33)50-44)41-34-19-9-12-22-39(34)51-45(41)42/h1-27H. The molecule has 11 aromatic rings. The molecule has 0 aliphatic rings. The topological polar surface area (TPSA) is 43.9 Å². The molecule has 0 bridgehead atoms. The number of furan rings is 1. The van der Waals surface area contributed by atoms with Gasteiger partial charge in [0.05, 0.1) is 22.4 Å². The molecule has 11 rings (SSSR count). The van der Waals surface area contributed by atoms with Crippen molar-refractivity contribution in [1.29, 1.82) is 0 Å². The van der Waals surface area contributed by atoms with E-state index in [2.05, 4.69) is 132 Å². The van der Waals surface area contributed by atoms with Crippen LogP contribution < -0.4 is 0 Å². The van der Waals surface area contributed by atoms with Crippen LogP contribution in [-0.2, 0) is 0 Å². The van der Waals surface area contributed by atoms with Crippen molar-refractivity contribution in [2.75, 3.05) is 0 Å².